The lowest BCUT2D eigenvalue weighted by Crippen LogP contribution is -2.37. The molecule has 0 spiro atoms. The fourth-order valence-electron chi connectivity index (χ4n) is 2.91. The van der Waals surface area contributed by atoms with Gasteiger partial charge in [0.05, 0.1) is 5.92 Å². The van der Waals surface area contributed by atoms with Gasteiger partial charge in [0.25, 0.3) is 0 Å². The number of benzene rings is 2. The van der Waals surface area contributed by atoms with Crippen molar-refractivity contribution in [3.05, 3.63) is 78.5 Å². The second kappa shape index (κ2) is 9.68. The molecule has 150 valence electrons. The summed E-state index contributed by atoms with van der Waals surface area (Å²) >= 11 is 0. The zero-order valence-electron chi connectivity index (χ0n) is 17.0. The van der Waals surface area contributed by atoms with Crippen LogP contribution in [0.5, 0.6) is 11.6 Å². The van der Waals surface area contributed by atoms with E-state index in [0.717, 1.165) is 11.3 Å². The third kappa shape index (κ3) is 5.54. The molecule has 1 aromatic heterocycles. The van der Waals surface area contributed by atoms with Gasteiger partial charge in [0, 0.05) is 39.4 Å². The highest BCUT2D eigenvalue weighted by Crippen LogP contribution is 2.20. The van der Waals surface area contributed by atoms with Crippen molar-refractivity contribution in [2.45, 2.75) is 12.8 Å². The van der Waals surface area contributed by atoms with Crippen molar-refractivity contribution in [2.75, 3.05) is 32.1 Å². The molecular weight excluding hydrogens is 364 g/mol. The van der Waals surface area contributed by atoms with Gasteiger partial charge in [-0.25, -0.2) is 4.98 Å². The minimum absolute atomic E-state index is 0.0895. The van der Waals surface area contributed by atoms with Crippen LogP contribution in [-0.4, -0.2) is 48.0 Å². The molecule has 3 rings (SSSR count). The maximum absolute atomic E-state index is 12.7. The van der Waals surface area contributed by atoms with Gasteiger partial charge in [-0.3, -0.25) is 4.79 Å². The van der Waals surface area contributed by atoms with E-state index in [-0.39, 0.29) is 11.8 Å². The van der Waals surface area contributed by atoms with Gasteiger partial charge >= 0.3 is 0 Å². The highest BCUT2D eigenvalue weighted by atomic mass is 16.5. The zero-order valence-corrected chi connectivity index (χ0v) is 17.0. The van der Waals surface area contributed by atoms with E-state index >= 15 is 0 Å². The highest BCUT2D eigenvalue weighted by Gasteiger charge is 2.19. The van der Waals surface area contributed by atoms with Gasteiger partial charge < -0.3 is 14.5 Å². The summed E-state index contributed by atoms with van der Waals surface area (Å²) in [6.07, 6.45) is 1.67. The number of ether oxygens (including phenoxy) is 1. The van der Waals surface area contributed by atoms with Crippen LogP contribution in [0.2, 0.25) is 0 Å². The molecule has 0 bridgehead atoms. The van der Waals surface area contributed by atoms with E-state index in [1.54, 1.807) is 17.2 Å². The van der Waals surface area contributed by atoms with Gasteiger partial charge in [0.1, 0.15) is 5.75 Å². The number of rotatable bonds is 8. The van der Waals surface area contributed by atoms with Gasteiger partial charge in [-0.05, 0) is 24.6 Å². The Kier molecular flexibility index (Phi) is 6.79. The first kappa shape index (κ1) is 20.3. The van der Waals surface area contributed by atoms with Gasteiger partial charge in [-0.1, -0.05) is 48.5 Å². The number of hydrogen-bond donors (Lipinski definition) is 0. The topological polar surface area (TPSA) is 58.6 Å². The molecular formula is C23H26N4O2. The number of likely N-dealkylation sites (N-methyl/N-ethyl adjacent to an activating group) is 2. The largest absolute Gasteiger partial charge is 0.439 e. The maximum atomic E-state index is 12.7. The van der Waals surface area contributed by atoms with Crippen LogP contribution in [0.15, 0.2) is 72.9 Å². The number of carbonyl (C=O) groups is 1. The van der Waals surface area contributed by atoms with E-state index in [9.17, 15) is 4.79 Å². The van der Waals surface area contributed by atoms with Crippen molar-refractivity contribution in [3.63, 3.8) is 0 Å². The van der Waals surface area contributed by atoms with Crippen LogP contribution in [0.25, 0.3) is 0 Å². The van der Waals surface area contributed by atoms with Crippen LogP contribution in [0.1, 0.15) is 18.4 Å². The summed E-state index contributed by atoms with van der Waals surface area (Å²) < 4.78 is 5.77. The first-order valence-electron chi connectivity index (χ1n) is 9.61. The van der Waals surface area contributed by atoms with E-state index in [0.29, 0.717) is 24.9 Å². The molecule has 0 N–H and O–H groups in total. The normalized spacial score (nSPS) is 11.6. The van der Waals surface area contributed by atoms with E-state index in [2.05, 4.69) is 9.97 Å². The van der Waals surface area contributed by atoms with Crippen LogP contribution in [0.3, 0.4) is 0 Å². The number of amides is 1. The lowest BCUT2D eigenvalue weighted by Gasteiger charge is -2.25. The van der Waals surface area contributed by atoms with Crippen LogP contribution in [-0.2, 0) is 4.79 Å². The molecule has 3 aromatic rings. The zero-order chi connectivity index (χ0) is 20.6. The molecule has 0 aliphatic carbocycles. The van der Waals surface area contributed by atoms with Crippen molar-refractivity contribution in [2.24, 2.45) is 0 Å². The van der Waals surface area contributed by atoms with Crippen molar-refractivity contribution in [3.8, 4) is 11.6 Å². The summed E-state index contributed by atoms with van der Waals surface area (Å²) in [5.74, 6) is 1.67. The first-order chi connectivity index (χ1) is 14.0. The predicted octanol–water partition coefficient (Wildman–Crippen LogP) is 3.97. The Hall–Kier alpha value is -3.41. The lowest BCUT2D eigenvalue weighted by molar-refractivity contribution is -0.131. The standard InChI is InChI=1S/C23H26N4O2/c1-18(19-10-6-4-7-11-19)22(28)26(2)16-17-27(3)23-24-15-14-21(25-23)29-20-12-8-5-9-13-20/h4-15,18H,16-17H2,1-3H3/t18-/m0/s1. The summed E-state index contributed by atoms with van der Waals surface area (Å²) in [6, 6.07) is 21.0. The third-order valence-electron chi connectivity index (χ3n) is 4.74. The second-order valence-corrected chi connectivity index (χ2v) is 6.92. The quantitative estimate of drug-likeness (QED) is 0.583. The average Bonchev–Trinajstić information content (AvgIpc) is 2.77. The number of hydrogen-bond acceptors (Lipinski definition) is 5. The number of aromatic nitrogens is 2. The third-order valence-corrected chi connectivity index (χ3v) is 4.74. The summed E-state index contributed by atoms with van der Waals surface area (Å²) in [5, 5.41) is 0. The Morgan fingerprint density at radius 2 is 1.62 bits per heavy atom. The van der Waals surface area contributed by atoms with Crippen molar-refractivity contribution in [1.29, 1.82) is 0 Å². The fourth-order valence-corrected chi connectivity index (χ4v) is 2.91. The molecule has 6 heteroatoms. The Balaban J connectivity index is 1.56. The predicted molar refractivity (Wildman–Crippen MR) is 114 cm³/mol. The Labute approximate surface area is 171 Å². The molecule has 6 nitrogen and oxygen atoms in total. The number of para-hydroxylation sites is 1. The Morgan fingerprint density at radius 3 is 2.31 bits per heavy atom. The SMILES string of the molecule is C[C@H](C(=O)N(C)CCN(C)c1nccc(Oc2ccccc2)n1)c1ccccc1. The van der Waals surface area contributed by atoms with E-state index in [1.807, 2.05) is 86.6 Å². The van der Waals surface area contributed by atoms with Crippen LogP contribution < -0.4 is 9.64 Å². The van der Waals surface area contributed by atoms with Gasteiger partial charge in [-0.2, -0.15) is 4.98 Å². The molecule has 1 heterocycles. The van der Waals surface area contributed by atoms with Gasteiger partial charge in [-0.15, -0.1) is 0 Å². The maximum Gasteiger partial charge on any atom is 0.229 e. The summed E-state index contributed by atoms with van der Waals surface area (Å²) in [4.78, 5) is 25.1. The number of anilines is 1. The van der Waals surface area contributed by atoms with Gasteiger partial charge in [0.2, 0.25) is 17.7 Å². The first-order valence-corrected chi connectivity index (χ1v) is 9.61. The molecule has 2 aromatic carbocycles. The fraction of sp³-hybridized carbons (Fsp3) is 0.261. The molecule has 0 saturated carbocycles. The lowest BCUT2D eigenvalue weighted by atomic mass is 10.00. The monoisotopic (exact) mass is 390 g/mol. The Bertz CT molecular complexity index is 918. The summed E-state index contributed by atoms with van der Waals surface area (Å²) in [7, 11) is 3.73. The molecule has 0 aliphatic rings. The van der Waals surface area contributed by atoms with Crippen LogP contribution in [0.4, 0.5) is 5.95 Å². The molecule has 29 heavy (non-hydrogen) atoms. The minimum atomic E-state index is -0.176. The van der Waals surface area contributed by atoms with Crippen molar-refractivity contribution in [1.82, 2.24) is 14.9 Å². The van der Waals surface area contributed by atoms with E-state index in [1.165, 1.54) is 0 Å². The number of nitrogens with zero attached hydrogens (tertiary/aromatic N) is 4. The van der Waals surface area contributed by atoms with Crippen molar-refractivity contribution >= 4 is 11.9 Å². The molecule has 0 radical (unpaired) electrons. The highest BCUT2D eigenvalue weighted by molar-refractivity contribution is 5.83. The van der Waals surface area contributed by atoms with Crippen LogP contribution >= 0.6 is 0 Å². The van der Waals surface area contributed by atoms with Crippen molar-refractivity contribution < 1.29 is 9.53 Å². The molecule has 0 unspecified atom stereocenters. The van der Waals surface area contributed by atoms with E-state index in [4.69, 9.17) is 4.74 Å². The molecule has 0 saturated heterocycles. The molecule has 0 aliphatic heterocycles. The van der Waals surface area contributed by atoms with Crippen LogP contribution in [0, 0.1) is 0 Å². The summed E-state index contributed by atoms with van der Waals surface area (Å²) in [6.45, 7) is 3.11. The molecule has 0 fully saturated rings. The molecule has 1 atom stereocenters. The minimum Gasteiger partial charge on any atom is -0.439 e. The average molecular weight is 390 g/mol. The van der Waals surface area contributed by atoms with Gasteiger partial charge in [0.15, 0.2) is 0 Å². The smallest absolute Gasteiger partial charge is 0.229 e. The summed E-state index contributed by atoms with van der Waals surface area (Å²) in [5.41, 5.74) is 1.02. The molecule has 1 amide bonds. The number of carbonyl (C=O) groups excluding carboxylic acids is 1. The van der Waals surface area contributed by atoms with E-state index < -0.39 is 0 Å². The second-order valence-electron chi connectivity index (χ2n) is 6.92. The Morgan fingerprint density at radius 1 is 0.966 bits per heavy atom.